The van der Waals surface area contributed by atoms with E-state index in [0.717, 1.165) is 17.1 Å². The van der Waals surface area contributed by atoms with Crippen molar-refractivity contribution in [3.63, 3.8) is 0 Å². The van der Waals surface area contributed by atoms with E-state index in [-0.39, 0.29) is 5.06 Å². The molecule has 2 unspecified atom stereocenters. The maximum atomic E-state index is 11.8. The summed E-state index contributed by atoms with van der Waals surface area (Å²) in [5, 5.41) is -2.07. The first kappa shape index (κ1) is 17.7. The van der Waals surface area contributed by atoms with Crippen LogP contribution in [0, 0.1) is 0 Å². The topological polar surface area (TPSA) is 155 Å². The fourth-order valence-electron chi connectivity index (χ4n) is 2.23. The van der Waals surface area contributed by atoms with Gasteiger partial charge in [0.1, 0.15) is 0 Å². The van der Waals surface area contributed by atoms with Crippen molar-refractivity contribution in [3.8, 4) is 0 Å². The lowest BCUT2D eigenvalue weighted by atomic mass is 10.2. The Morgan fingerprint density at radius 3 is 2.29 bits per heavy atom. The number of carbonyl (C=O) groups is 5. The Bertz CT molecular complexity index is 751. The molecule has 24 heavy (non-hydrogen) atoms. The molecule has 2 atom stereocenters. The minimum atomic E-state index is -4.81. The van der Waals surface area contributed by atoms with Crippen LogP contribution >= 0.6 is 0 Å². The molecular weight excluding hydrogens is 348 g/mol. The molecule has 1 N–H and O–H groups in total. The first-order chi connectivity index (χ1) is 11.0. The number of hydrogen-bond acceptors (Lipinski definition) is 8. The Hall–Kier alpha value is -2.60. The lowest BCUT2D eigenvalue weighted by molar-refractivity contribution is -0.198. The van der Waals surface area contributed by atoms with Crippen LogP contribution < -0.4 is 0 Å². The van der Waals surface area contributed by atoms with E-state index in [0.29, 0.717) is 0 Å². The summed E-state index contributed by atoms with van der Waals surface area (Å²) in [4.78, 5) is 63.3. The summed E-state index contributed by atoms with van der Waals surface area (Å²) in [6.07, 6.45) is 0.670. The molecule has 2 aliphatic heterocycles. The highest BCUT2D eigenvalue weighted by Crippen LogP contribution is 2.20. The Labute approximate surface area is 135 Å². The third-order valence-corrected chi connectivity index (χ3v) is 4.45. The van der Waals surface area contributed by atoms with Crippen molar-refractivity contribution in [3.05, 3.63) is 12.2 Å². The molecule has 0 spiro atoms. The van der Waals surface area contributed by atoms with Crippen LogP contribution in [0.2, 0.25) is 0 Å². The zero-order valence-corrected chi connectivity index (χ0v) is 13.1. The van der Waals surface area contributed by atoms with E-state index < -0.39 is 63.8 Å². The molecule has 11 nitrogen and oxygen atoms in total. The van der Waals surface area contributed by atoms with Gasteiger partial charge < -0.3 is 4.84 Å². The van der Waals surface area contributed by atoms with Crippen molar-refractivity contribution < 1.29 is 41.8 Å². The number of amides is 4. The Balaban J connectivity index is 2.00. The fourth-order valence-corrected chi connectivity index (χ4v) is 2.93. The van der Waals surface area contributed by atoms with Gasteiger partial charge >= 0.3 is 5.97 Å². The molecular formula is C12H12N2O9S. The molecule has 0 aromatic carbocycles. The molecule has 0 aromatic rings. The van der Waals surface area contributed by atoms with E-state index in [1.165, 1.54) is 6.92 Å². The van der Waals surface area contributed by atoms with Gasteiger partial charge in [0.25, 0.3) is 33.7 Å². The van der Waals surface area contributed by atoms with Crippen LogP contribution in [0.1, 0.15) is 19.8 Å². The Morgan fingerprint density at radius 2 is 1.83 bits per heavy atom. The predicted molar refractivity (Wildman–Crippen MR) is 73.0 cm³/mol. The largest absolute Gasteiger partial charge is 0.335 e. The van der Waals surface area contributed by atoms with Crippen molar-refractivity contribution in [1.29, 1.82) is 0 Å². The maximum absolute atomic E-state index is 11.8. The minimum absolute atomic E-state index is 0.0423. The van der Waals surface area contributed by atoms with E-state index >= 15 is 0 Å². The van der Waals surface area contributed by atoms with E-state index in [9.17, 15) is 32.4 Å². The summed E-state index contributed by atoms with van der Waals surface area (Å²) in [6.45, 7) is 1.37. The Morgan fingerprint density at radius 1 is 1.29 bits per heavy atom. The molecule has 0 radical (unpaired) electrons. The van der Waals surface area contributed by atoms with Crippen LogP contribution in [-0.4, -0.2) is 63.8 Å². The molecule has 2 heterocycles. The third-order valence-electron chi connectivity index (χ3n) is 3.36. The summed E-state index contributed by atoms with van der Waals surface area (Å²) in [6, 6.07) is -0.905. The van der Waals surface area contributed by atoms with Gasteiger partial charge in [-0.15, -0.1) is 5.06 Å². The Kier molecular flexibility index (Phi) is 4.53. The molecule has 1 fully saturated rings. The van der Waals surface area contributed by atoms with Crippen LogP contribution in [0.15, 0.2) is 12.2 Å². The van der Waals surface area contributed by atoms with Gasteiger partial charge in [-0.2, -0.15) is 8.42 Å². The summed E-state index contributed by atoms with van der Waals surface area (Å²) in [7, 11) is -4.81. The van der Waals surface area contributed by atoms with E-state index in [4.69, 9.17) is 4.55 Å². The maximum Gasteiger partial charge on any atom is 0.335 e. The van der Waals surface area contributed by atoms with Crippen molar-refractivity contribution in [2.24, 2.45) is 0 Å². The molecule has 0 saturated carbocycles. The summed E-state index contributed by atoms with van der Waals surface area (Å²) in [5.41, 5.74) is 0. The number of imide groups is 2. The minimum Gasteiger partial charge on any atom is -0.330 e. The van der Waals surface area contributed by atoms with Crippen LogP contribution in [-0.2, 0) is 38.9 Å². The van der Waals surface area contributed by atoms with Crippen molar-refractivity contribution in [2.45, 2.75) is 31.1 Å². The smallest absolute Gasteiger partial charge is 0.330 e. The zero-order valence-electron chi connectivity index (χ0n) is 12.2. The summed E-state index contributed by atoms with van der Waals surface area (Å²) < 4.78 is 30.8. The van der Waals surface area contributed by atoms with Gasteiger partial charge in [0.15, 0.2) is 5.25 Å². The highest BCUT2D eigenvalue weighted by Gasteiger charge is 2.48. The SMILES string of the molecule is CC(CC(=O)ON1C(=O)CC(S(=O)(=O)O)C1=O)N1C(=O)C=CC1=O. The monoisotopic (exact) mass is 360 g/mol. The molecule has 1 saturated heterocycles. The van der Waals surface area contributed by atoms with Gasteiger partial charge in [-0.3, -0.25) is 28.6 Å². The summed E-state index contributed by atoms with van der Waals surface area (Å²) >= 11 is 0. The van der Waals surface area contributed by atoms with E-state index in [2.05, 4.69) is 4.84 Å². The van der Waals surface area contributed by atoms with Crippen LogP contribution in [0.5, 0.6) is 0 Å². The first-order valence-corrected chi connectivity index (χ1v) is 8.12. The molecule has 0 aliphatic carbocycles. The molecule has 2 aliphatic rings. The van der Waals surface area contributed by atoms with Gasteiger partial charge in [0.2, 0.25) is 0 Å². The average Bonchev–Trinajstić information content (AvgIpc) is 2.92. The highest BCUT2D eigenvalue weighted by molar-refractivity contribution is 7.87. The molecule has 0 aromatic heterocycles. The zero-order chi connectivity index (χ0) is 18.2. The van der Waals surface area contributed by atoms with Crippen molar-refractivity contribution in [1.82, 2.24) is 9.96 Å². The van der Waals surface area contributed by atoms with Crippen LogP contribution in [0.4, 0.5) is 0 Å². The second-order valence-corrected chi connectivity index (χ2v) is 6.73. The molecule has 0 bridgehead atoms. The lowest BCUT2D eigenvalue weighted by Crippen LogP contribution is -2.41. The number of carbonyl (C=O) groups excluding carboxylic acids is 5. The van der Waals surface area contributed by atoms with Crippen LogP contribution in [0.25, 0.3) is 0 Å². The fraction of sp³-hybridized carbons (Fsp3) is 0.417. The predicted octanol–water partition coefficient (Wildman–Crippen LogP) is -1.84. The molecule has 2 rings (SSSR count). The molecule has 4 amide bonds. The second kappa shape index (κ2) is 6.13. The van der Waals surface area contributed by atoms with Gasteiger partial charge in [-0.05, 0) is 6.92 Å². The number of nitrogens with zero attached hydrogens (tertiary/aromatic N) is 2. The third kappa shape index (κ3) is 3.33. The van der Waals surface area contributed by atoms with Crippen molar-refractivity contribution >= 4 is 39.7 Å². The molecule has 12 heteroatoms. The first-order valence-electron chi connectivity index (χ1n) is 6.61. The number of hydroxylamine groups is 2. The van der Waals surface area contributed by atoms with Gasteiger partial charge in [-0.25, -0.2) is 4.79 Å². The van der Waals surface area contributed by atoms with Gasteiger partial charge in [0, 0.05) is 18.2 Å². The van der Waals surface area contributed by atoms with Gasteiger partial charge in [0.05, 0.1) is 12.8 Å². The van der Waals surface area contributed by atoms with Gasteiger partial charge in [-0.1, -0.05) is 0 Å². The second-order valence-electron chi connectivity index (χ2n) is 5.13. The summed E-state index contributed by atoms with van der Waals surface area (Å²) in [5.74, 6) is -4.88. The lowest BCUT2D eigenvalue weighted by Gasteiger charge is -2.22. The van der Waals surface area contributed by atoms with E-state index in [1.807, 2.05) is 0 Å². The highest BCUT2D eigenvalue weighted by atomic mass is 32.2. The average molecular weight is 360 g/mol. The standard InChI is InChI=1S/C12H12N2O9S/c1-6(13-8(15)2-3-9(13)16)4-11(18)23-14-10(17)5-7(12(14)19)24(20,21)22/h2-3,6-7H,4-5H2,1H3,(H,20,21,22). The molecule has 130 valence electrons. The van der Waals surface area contributed by atoms with Crippen molar-refractivity contribution in [2.75, 3.05) is 0 Å². The normalized spacial score (nSPS) is 22.5. The van der Waals surface area contributed by atoms with Crippen LogP contribution in [0.3, 0.4) is 0 Å². The van der Waals surface area contributed by atoms with E-state index in [1.54, 1.807) is 0 Å². The number of hydrogen-bond donors (Lipinski definition) is 1. The number of rotatable bonds is 5. The quantitative estimate of drug-likeness (QED) is 0.440.